The number of hydrogen-bond acceptors (Lipinski definition) is 6. The Hall–Kier alpha value is -2.63. The van der Waals surface area contributed by atoms with Gasteiger partial charge < -0.3 is 5.32 Å². The van der Waals surface area contributed by atoms with Crippen LogP contribution in [0.4, 0.5) is 15.6 Å². The molecule has 2 N–H and O–H groups in total. The number of allylic oxidation sites excluding steroid dienone is 3. The number of thioether (sulfide) groups is 1. The molecule has 0 fully saturated rings. The third-order valence-corrected chi connectivity index (χ3v) is 5.51. The van der Waals surface area contributed by atoms with Crippen LogP contribution in [0.3, 0.4) is 0 Å². The molecule has 0 saturated carbocycles. The summed E-state index contributed by atoms with van der Waals surface area (Å²) in [5, 5.41) is 22.8. The van der Waals surface area contributed by atoms with E-state index in [1.54, 1.807) is 36.0 Å². The number of anilines is 2. The minimum Gasteiger partial charge on any atom is -0.308 e. The molecule has 0 spiro atoms. The second-order valence-corrected chi connectivity index (χ2v) is 8.57. The third-order valence-electron chi connectivity index (χ3n) is 3.61. The average molecular weight is 414 g/mol. The Morgan fingerprint density at radius 3 is 2.82 bits per heavy atom. The van der Waals surface area contributed by atoms with Gasteiger partial charge in [0.05, 0.1) is 11.6 Å². The van der Waals surface area contributed by atoms with Crippen molar-refractivity contribution in [2.45, 2.75) is 38.0 Å². The van der Waals surface area contributed by atoms with Crippen molar-refractivity contribution >= 4 is 39.9 Å². The molecule has 2 rings (SSSR count). The summed E-state index contributed by atoms with van der Waals surface area (Å²) in [5.74, 6) is 0.822. The molecule has 0 aliphatic rings. The van der Waals surface area contributed by atoms with Crippen molar-refractivity contribution in [3.63, 3.8) is 0 Å². The Morgan fingerprint density at radius 1 is 1.25 bits per heavy atom. The van der Waals surface area contributed by atoms with E-state index in [9.17, 15) is 4.79 Å². The van der Waals surface area contributed by atoms with Crippen LogP contribution in [-0.4, -0.2) is 22.0 Å². The number of aromatic nitrogens is 2. The van der Waals surface area contributed by atoms with Crippen LogP contribution in [0.5, 0.6) is 0 Å². The van der Waals surface area contributed by atoms with Gasteiger partial charge >= 0.3 is 6.03 Å². The Morgan fingerprint density at radius 2 is 2.07 bits per heavy atom. The van der Waals surface area contributed by atoms with Gasteiger partial charge in [-0.2, -0.15) is 5.26 Å². The molecular weight excluding hydrogens is 390 g/mol. The number of rotatable bonds is 8. The quantitative estimate of drug-likeness (QED) is 0.322. The first kappa shape index (κ1) is 21.7. The van der Waals surface area contributed by atoms with E-state index in [2.05, 4.69) is 53.8 Å². The zero-order valence-electron chi connectivity index (χ0n) is 16.2. The maximum absolute atomic E-state index is 12.1. The van der Waals surface area contributed by atoms with Gasteiger partial charge in [0, 0.05) is 11.4 Å². The highest BCUT2D eigenvalue weighted by Crippen LogP contribution is 2.26. The van der Waals surface area contributed by atoms with Crippen LogP contribution >= 0.6 is 23.1 Å². The second kappa shape index (κ2) is 11.3. The van der Waals surface area contributed by atoms with E-state index in [1.165, 1.54) is 22.5 Å². The summed E-state index contributed by atoms with van der Waals surface area (Å²) in [6.45, 7) is 6.36. The van der Waals surface area contributed by atoms with Crippen molar-refractivity contribution in [1.29, 1.82) is 5.26 Å². The summed E-state index contributed by atoms with van der Waals surface area (Å²) in [6, 6.07) is 8.32. The minimum atomic E-state index is -0.419. The molecule has 0 saturated heterocycles. The van der Waals surface area contributed by atoms with E-state index in [0.717, 1.165) is 22.9 Å². The molecule has 146 valence electrons. The van der Waals surface area contributed by atoms with Gasteiger partial charge in [-0.25, -0.2) is 4.79 Å². The molecule has 6 nitrogen and oxygen atoms in total. The molecule has 1 heterocycles. The van der Waals surface area contributed by atoms with Crippen molar-refractivity contribution in [1.82, 2.24) is 10.2 Å². The third kappa shape index (κ3) is 7.94. The predicted octanol–water partition coefficient (Wildman–Crippen LogP) is 5.84. The lowest BCUT2D eigenvalue weighted by Gasteiger charge is -2.04. The zero-order valence-corrected chi connectivity index (χ0v) is 17.8. The highest BCUT2D eigenvalue weighted by Gasteiger charge is 2.09. The summed E-state index contributed by atoms with van der Waals surface area (Å²) in [4.78, 5) is 12.1. The van der Waals surface area contributed by atoms with E-state index >= 15 is 0 Å². The first-order valence-corrected chi connectivity index (χ1v) is 10.6. The molecule has 0 bridgehead atoms. The Bertz CT molecular complexity index is 907. The van der Waals surface area contributed by atoms with Crippen LogP contribution in [0.15, 0.2) is 51.9 Å². The van der Waals surface area contributed by atoms with Gasteiger partial charge in [-0.1, -0.05) is 52.5 Å². The Balaban J connectivity index is 1.79. The van der Waals surface area contributed by atoms with Crippen LogP contribution in [-0.2, 0) is 0 Å². The highest BCUT2D eigenvalue weighted by molar-refractivity contribution is 8.01. The summed E-state index contributed by atoms with van der Waals surface area (Å²) in [7, 11) is 0. The lowest BCUT2D eigenvalue weighted by Crippen LogP contribution is -2.19. The number of benzene rings is 1. The topological polar surface area (TPSA) is 90.7 Å². The molecule has 0 aliphatic heterocycles. The van der Waals surface area contributed by atoms with Crippen molar-refractivity contribution in [2.24, 2.45) is 0 Å². The molecular formula is C20H23N5OS2. The van der Waals surface area contributed by atoms with E-state index in [0.29, 0.717) is 16.4 Å². The van der Waals surface area contributed by atoms with Gasteiger partial charge in [0.2, 0.25) is 5.13 Å². The van der Waals surface area contributed by atoms with Gasteiger partial charge in [0.1, 0.15) is 0 Å². The Kier molecular flexibility index (Phi) is 8.72. The fourth-order valence-corrected chi connectivity index (χ4v) is 3.95. The maximum atomic E-state index is 12.1. The number of carbonyl (C=O) groups excluding carboxylic acids is 1. The number of nitrogens with one attached hydrogen (secondary N) is 2. The highest BCUT2D eigenvalue weighted by atomic mass is 32.2. The van der Waals surface area contributed by atoms with E-state index in [4.69, 9.17) is 5.26 Å². The fraction of sp³-hybridized carbons (Fsp3) is 0.300. The SMILES string of the molecule is CC(C)=CCCC(C)=CCSc1nnc(NC(=O)Nc2cccc(C#N)c2)s1. The van der Waals surface area contributed by atoms with Crippen LogP contribution in [0.25, 0.3) is 0 Å². The molecule has 1 aromatic carbocycles. The van der Waals surface area contributed by atoms with Gasteiger partial charge in [0.25, 0.3) is 0 Å². The average Bonchev–Trinajstić information content (AvgIpc) is 3.08. The fourth-order valence-electron chi connectivity index (χ4n) is 2.19. The lowest BCUT2D eigenvalue weighted by atomic mass is 10.1. The van der Waals surface area contributed by atoms with Gasteiger partial charge in [-0.15, -0.1) is 10.2 Å². The number of urea groups is 1. The van der Waals surface area contributed by atoms with Crippen LogP contribution < -0.4 is 10.6 Å². The van der Waals surface area contributed by atoms with E-state index < -0.39 is 6.03 Å². The number of carbonyl (C=O) groups is 1. The number of nitriles is 1. The largest absolute Gasteiger partial charge is 0.325 e. The first-order valence-electron chi connectivity index (χ1n) is 8.79. The molecule has 28 heavy (non-hydrogen) atoms. The molecule has 8 heteroatoms. The van der Waals surface area contributed by atoms with Gasteiger partial charge in [0.15, 0.2) is 4.34 Å². The van der Waals surface area contributed by atoms with Crippen molar-refractivity contribution in [3.8, 4) is 6.07 Å². The number of amides is 2. The molecule has 0 aliphatic carbocycles. The lowest BCUT2D eigenvalue weighted by molar-refractivity contribution is 0.262. The Labute approximate surface area is 173 Å². The summed E-state index contributed by atoms with van der Waals surface area (Å²) < 4.78 is 0.801. The second-order valence-electron chi connectivity index (χ2n) is 6.33. The molecule has 0 unspecified atom stereocenters. The van der Waals surface area contributed by atoms with Crippen molar-refractivity contribution in [2.75, 3.05) is 16.4 Å². The van der Waals surface area contributed by atoms with Crippen molar-refractivity contribution in [3.05, 3.63) is 53.1 Å². The molecule has 0 atom stereocenters. The normalized spacial score (nSPS) is 10.9. The summed E-state index contributed by atoms with van der Waals surface area (Å²) in [6.07, 6.45) is 6.57. The van der Waals surface area contributed by atoms with Gasteiger partial charge in [-0.05, 0) is 51.8 Å². The summed E-state index contributed by atoms with van der Waals surface area (Å²) in [5.41, 5.74) is 3.73. The number of nitrogens with zero attached hydrogens (tertiary/aromatic N) is 3. The van der Waals surface area contributed by atoms with Crippen LogP contribution in [0.2, 0.25) is 0 Å². The monoisotopic (exact) mass is 413 g/mol. The smallest absolute Gasteiger partial charge is 0.308 e. The summed E-state index contributed by atoms with van der Waals surface area (Å²) >= 11 is 2.92. The molecule has 2 amide bonds. The van der Waals surface area contributed by atoms with Crippen LogP contribution in [0.1, 0.15) is 39.2 Å². The molecule has 2 aromatic rings. The number of hydrogen-bond donors (Lipinski definition) is 2. The van der Waals surface area contributed by atoms with Crippen molar-refractivity contribution < 1.29 is 4.79 Å². The predicted molar refractivity (Wildman–Crippen MR) is 117 cm³/mol. The van der Waals surface area contributed by atoms with Crippen LogP contribution in [0, 0.1) is 11.3 Å². The van der Waals surface area contributed by atoms with Gasteiger partial charge in [-0.3, -0.25) is 5.32 Å². The molecule has 1 aromatic heterocycles. The van der Waals surface area contributed by atoms with E-state index in [-0.39, 0.29) is 0 Å². The minimum absolute atomic E-state index is 0.419. The first-order chi connectivity index (χ1) is 13.5. The zero-order chi connectivity index (χ0) is 20.4. The van der Waals surface area contributed by atoms with E-state index in [1.807, 2.05) is 6.07 Å². The maximum Gasteiger partial charge on any atom is 0.325 e. The molecule has 0 radical (unpaired) electrons. The standard InChI is InChI=1S/C20H23N5OS2/c1-14(2)6-4-7-15(3)10-11-27-20-25-24-19(28-20)23-18(26)22-17-9-5-8-16(12-17)13-21/h5-6,8-10,12H,4,7,11H2,1-3H3,(H2,22,23,24,26).